The highest BCUT2D eigenvalue weighted by atomic mass is 32.2. The van der Waals surface area contributed by atoms with Crippen LogP contribution in [0.25, 0.3) is 0 Å². The number of hydrogen-bond donors (Lipinski definition) is 1. The van der Waals surface area contributed by atoms with Crippen molar-refractivity contribution in [3.63, 3.8) is 0 Å². The lowest BCUT2D eigenvalue weighted by Gasteiger charge is -2.28. The van der Waals surface area contributed by atoms with Crippen molar-refractivity contribution >= 4 is 9.84 Å². The second-order valence-corrected chi connectivity index (χ2v) is 8.62. The number of fused-ring (bicyclic) bond motifs is 1. The number of benzene rings is 1. The number of hydrogen-bond acceptors (Lipinski definition) is 4. The highest BCUT2D eigenvalue weighted by Gasteiger charge is 2.30. The van der Waals surface area contributed by atoms with Gasteiger partial charge in [0.25, 0.3) is 0 Å². The molecule has 1 atom stereocenters. The van der Waals surface area contributed by atoms with Crippen LogP contribution in [0.3, 0.4) is 0 Å². The summed E-state index contributed by atoms with van der Waals surface area (Å²) in [6.07, 6.45) is 2.23. The number of nitrogens with one attached hydrogen (secondary N) is 1. The lowest BCUT2D eigenvalue weighted by Crippen LogP contribution is -2.43. The standard InChI is InChI=1S/C15H23NO3S/c1-15(2,20(3,17)18)11-16-10-14-13-7-5-4-6-12(13)8-9-19-14/h4-7,14,16H,8-11H2,1-3H3. The van der Waals surface area contributed by atoms with Crippen LogP contribution in [0.15, 0.2) is 24.3 Å². The third-order valence-electron chi connectivity index (χ3n) is 3.98. The van der Waals surface area contributed by atoms with Crippen molar-refractivity contribution in [3.8, 4) is 0 Å². The predicted octanol–water partition coefficient (Wildman–Crippen LogP) is 1.71. The summed E-state index contributed by atoms with van der Waals surface area (Å²) < 4.78 is 28.4. The Morgan fingerprint density at radius 3 is 2.75 bits per heavy atom. The van der Waals surface area contributed by atoms with E-state index in [1.807, 2.05) is 12.1 Å². The third-order valence-corrected chi connectivity index (χ3v) is 6.13. The molecule has 1 aromatic carbocycles. The molecular weight excluding hydrogens is 274 g/mol. The molecule has 1 heterocycles. The molecule has 0 aliphatic carbocycles. The summed E-state index contributed by atoms with van der Waals surface area (Å²) in [5.74, 6) is 0. The zero-order valence-electron chi connectivity index (χ0n) is 12.3. The van der Waals surface area contributed by atoms with Gasteiger partial charge in [-0.1, -0.05) is 24.3 Å². The largest absolute Gasteiger partial charge is 0.372 e. The number of rotatable bonds is 5. The molecule has 0 spiro atoms. The predicted molar refractivity (Wildman–Crippen MR) is 80.6 cm³/mol. The Balaban J connectivity index is 1.97. The van der Waals surface area contributed by atoms with Crippen molar-refractivity contribution in [3.05, 3.63) is 35.4 Å². The van der Waals surface area contributed by atoms with Crippen molar-refractivity contribution < 1.29 is 13.2 Å². The monoisotopic (exact) mass is 297 g/mol. The molecule has 0 radical (unpaired) electrons. The Labute approximate surface area is 121 Å². The smallest absolute Gasteiger partial charge is 0.153 e. The van der Waals surface area contributed by atoms with E-state index < -0.39 is 14.6 Å². The van der Waals surface area contributed by atoms with Gasteiger partial charge in [0.05, 0.1) is 17.5 Å². The lowest BCUT2D eigenvalue weighted by molar-refractivity contribution is 0.0423. The Bertz CT molecular complexity index is 566. The van der Waals surface area contributed by atoms with Gasteiger partial charge in [0.1, 0.15) is 0 Å². The molecule has 5 heteroatoms. The average Bonchev–Trinajstić information content (AvgIpc) is 2.37. The van der Waals surface area contributed by atoms with Crippen LogP contribution in [-0.2, 0) is 21.0 Å². The van der Waals surface area contributed by atoms with E-state index in [0.29, 0.717) is 13.1 Å². The van der Waals surface area contributed by atoms with Crippen molar-refractivity contribution in [2.75, 3.05) is 26.0 Å². The van der Waals surface area contributed by atoms with Gasteiger partial charge in [-0.15, -0.1) is 0 Å². The van der Waals surface area contributed by atoms with Crippen molar-refractivity contribution in [2.45, 2.75) is 31.1 Å². The van der Waals surface area contributed by atoms with Crippen LogP contribution in [0.2, 0.25) is 0 Å². The first kappa shape index (κ1) is 15.5. The first-order chi connectivity index (χ1) is 9.31. The molecule has 0 fully saturated rings. The summed E-state index contributed by atoms with van der Waals surface area (Å²) in [6.45, 7) is 5.26. The summed E-state index contributed by atoms with van der Waals surface area (Å²) in [7, 11) is -3.07. The fraction of sp³-hybridized carbons (Fsp3) is 0.600. The zero-order chi connectivity index (χ0) is 14.8. The molecule has 0 bridgehead atoms. The maximum absolute atomic E-state index is 11.7. The van der Waals surface area contributed by atoms with Crippen LogP contribution >= 0.6 is 0 Å². The first-order valence-electron chi connectivity index (χ1n) is 6.91. The van der Waals surface area contributed by atoms with E-state index in [2.05, 4.69) is 17.4 Å². The molecule has 20 heavy (non-hydrogen) atoms. The normalized spacial score (nSPS) is 19.6. The van der Waals surface area contributed by atoms with Crippen LogP contribution in [0.5, 0.6) is 0 Å². The van der Waals surface area contributed by atoms with E-state index in [1.165, 1.54) is 17.4 Å². The molecule has 1 N–H and O–H groups in total. The molecular formula is C15H23NO3S. The molecule has 1 aliphatic heterocycles. The van der Waals surface area contributed by atoms with Gasteiger partial charge in [0, 0.05) is 19.3 Å². The molecule has 1 unspecified atom stereocenters. The van der Waals surface area contributed by atoms with Gasteiger partial charge in [-0.2, -0.15) is 0 Å². The Morgan fingerprint density at radius 1 is 1.35 bits per heavy atom. The first-order valence-corrected chi connectivity index (χ1v) is 8.80. The van der Waals surface area contributed by atoms with Gasteiger partial charge in [0.2, 0.25) is 0 Å². The van der Waals surface area contributed by atoms with Gasteiger partial charge >= 0.3 is 0 Å². The number of sulfone groups is 1. The van der Waals surface area contributed by atoms with Crippen LogP contribution in [0.1, 0.15) is 31.1 Å². The Hall–Kier alpha value is -0.910. The summed E-state index contributed by atoms with van der Waals surface area (Å²) in [5, 5.41) is 3.24. The second-order valence-electron chi connectivity index (χ2n) is 5.97. The van der Waals surface area contributed by atoms with Crippen LogP contribution < -0.4 is 5.32 Å². The van der Waals surface area contributed by atoms with Gasteiger partial charge < -0.3 is 10.1 Å². The molecule has 1 aliphatic rings. The number of ether oxygens (including phenoxy) is 1. The molecule has 2 rings (SSSR count). The Morgan fingerprint density at radius 2 is 2.05 bits per heavy atom. The molecule has 0 amide bonds. The third kappa shape index (κ3) is 3.40. The van der Waals surface area contributed by atoms with E-state index in [0.717, 1.165) is 13.0 Å². The molecule has 0 aromatic heterocycles. The molecule has 0 saturated carbocycles. The molecule has 112 valence electrons. The van der Waals surface area contributed by atoms with Gasteiger partial charge in [-0.05, 0) is 31.4 Å². The van der Waals surface area contributed by atoms with E-state index in [9.17, 15) is 8.42 Å². The molecule has 4 nitrogen and oxygen atoms in total. The van der Waals surface area contributed by atoms with Gasteiger partial charge in [-0.25, -0.2) is 8.42 Å². The van der Waals surface area contributed by atoms with E-state index >= 15 is 0 Å². The fourth-order valence-corrected chi connectivity index (χ4v) is 2.65. The maximum Gasteiger partial charge on any atom is 0.153 e. The van der Waals surface area contributed by atoms with E-state index in [1.54, 1.807) is 13.8 Å². The van der Waals surface area contributed by atoms with E-state index in [-0.39, 0.29) is 6.10 Å². The summed E-state index contributed by atoms with van der Waals surface area (Å²) in [6, 6.07) is 8.27. The topological polar surface area (TPSA) is 55.4 Å². The highest BCUT2D eigenvalue weighted by molar-refractivity contribution is 7.92. The minimum absolute atomic E-state index is 0.00955. The average molecular weight is 297 g/mol. The van der Waals surface area contributed by atoms with Crippen LogP contribution in [-0.4, -0.2) is 39.1 Å². The Kier molecular flexibility index (Phi) is 4.52. The van der Waals surface area contributed by atoms with E-state index in [4.69, 9.17) is 4.74 Å². The second kappa shape index (κ2) is 5.84. The lowest BCUT2D eigenvalue weighted by atomic mass is 9.97. The van der Waals surface area contributed by atoms with Crippen molar-refractivity contribution in [2.24, 2.45) is 0 Å². The molecule has 0 saturated heterocycles. The highest BCUT2D eigenvalue weighted by Crippen LogP contribution is 2.26. The fourth-order valence-electron chi connectivity index (χ4n) is 2.28. The maximum atomic E-state index is 11.7. The molecule has 1 aromatic rings. The van der Waals surface area contributed by atoms with Gasteiger partial charge in [-0.3, -0.25) is 0 Å². The van der Waals surface area contributed by atoms with Crippen LogP contribution in [0, 0.1) is 0 Å². The minimum Gasteiger partial charge on any atom is -0.372 e. The summed E-state index contributed by atoms with van der Waals surface area (Å²) >= 11 is 0. The summed E-state index contributed by atoms with van der Waals surface area (Å²) in [4.78, 5) is 0. The minimum atomic E-state index is -3.07. The van der Waals surface area contributed by atoms with Gasteiger partial charge in [0.15, 0.2) is 9.84 Å². The summed E-state index contributed by atoms with van der Waals surface area (Å²) in [5.41, 5.74) is 2.54. The quantitative estimate of drug-likeness (QED) is 0.899. The SMILES string of the molecule is CC(C)(CNCC1OCCc2ccccc21)S(C)(=O)=O. The van der Waals surface area contributed by atoms with Crippen molar-refractivity contribution in [1.29, 1.82) is 0 Å². The van der Waals surface area contributed by atoms with Crippen molar-refractivity contribution in [1.82, 2.24) is 5.32 Å². The zero-order valence-corrected chi connectivity index (χ0v) is 13.2. The van der Waals surface area contributed by atoms with Crippen LogP contribution in [0.4, 0.5) is 0 Å².